The van der Waals surface area contributed by atoms with Crippen molar-refractivity contribution in [2.24, 2.45) is 0 Å². The summed E-state index contributed by atoms with van der Waals surface area (Å²) in [6, 6.07) is 19.8. The minimum Gasteiger partial charge on any atom is -0.384 e. The van der Waals surface area contributed by atoms with Gasteiger partial charge in [0.15, 0.2) is 0 Å². The van der Waals surface area contributed by atoms with Crippen molar-refractivity contribution in [3.8, 4) is 0 Å². The van der Waals surface area contributed by atoms with Crippen LogP contribution in [0.15, 0.2) is 79.0 Å². The van der Waals surface area contributed by atoms with Gasteiger partial charge in [-0.3, -0.25) is 4.79 Å². The number of benzene rings is 3. The van der Waals surface area contributed by atoms with E-state index in [-0.39, 0.29) is 17.8 Å². The van der Waals surface area contributed by atoms with E-state index in [2.05, 4.69) is 15.7 Å². The van der Waals surface area contributed by atoms with Crippen LogP contribution in [-0.4, -0.2) is 27.2 Å². The van der Waals surface area contributed by atoms with Crippen LogP contribution in [0.25, 0.3) is 0 Å². The zero-order chi connectivity index (χ0) is 26.1. The first-order valence-corrected chi connectivity index (χ1v) is 12.2. The Morgan fingerprint density at radius 1 is 1.14 bits per heavy atom. The molecule has 3 atom stereocenters. The molecule has 2 heterocycles. The molecule has 0 bridgehead atoms. The number of nitrogens with zero attached hydrogens (tertiary/aromatic N) is 2. The van der Waals surface area contributed by atoms with Gasteiger partial charge in [-0.2, -0.15) is 5.10 Å². The second kappa shape index (κ2) is 10.3. The van der Waals surface area contributed by atoms with Crippen LogP contribution in [0.4, 0.5) is 20.3 Å². The van der Waals surface area contributed by atoms with E-state index in [4.69, 9.17) is 11.6 Å². The average molecular weight is 523 g/mol. The second-order valence-electron chi connectivity index (χ2n) is 9.10. The lowest BCUT2D eigenvalue weighted by Crippen LogP contribution is -2.31. The molecule has 1 amide bonds. The molecule has 9 heteroatoms. The van der Waals surface area contributed by atoms with Gasteiger partial charge in [0.1, 0.15) is 23.5 Å². The van der Waals surface area contributed by atoms with Crippen LogP contribution >= 0.6 is 11.6 Å². The lowest BCUT2D eigenvalue weighted by Gasteiger charge is -2.32. The lowest BCUT2D eigenvalue weighted by molar-refractivity contribution is 0.0657. The van der Waals surface area contributed by atoms with Gasteiger partial charge in [-0.1, -0.05) is 71.8 Å². The van der Waals surface area contributed by atoms with Crippen molar-refractivity contribution in [2.45, 2.75) is 38.0 Å². The molecule has 0 aliphatic carbocycles. The van der Waals surface area contributed by atoms with Crippen LogP contribution in [0.1, 0.15) is 57.2 Å². The van der Waals surface area contributed by atoms with E-state index in [1.807, 2.05) is 37.3 Å². The quantitative estimate of drug-likeness (QED) is 0.268. The number of aliphatic hydroxyl groups is 1. The van der Waals surface area contributed by atoms with Gasteiger partial charge >= 0.3 is 0 Å². The van der Waals surface area contributed by atoms with Crippen LogP contribution in [0, 0.1) is 6.92 Å². The van der Waals surface area contributed by atoms with Crippen LogP contribution in [-0.2, 0) is 0 Å². The number of fused-ring (bicyclic) bond motifs is 1. The Bertz CT molecular complexity index is 1410. The molecule has 190 valence electrons. The highest BCUT2D eigenvalue weighted by molar-refractivity contribution is 6.30. The van der Waals surface area contributed by atoms with Crippen molar-refractivity contribution in [3.63, 3.8) is 0 Å². The zero-order valence-corrected chi connectivity index (χ0v) is 20.7. The molecular weight excluding hydrogens is 498 g/mol. The third-order valence-electron chi connectivity index (χ3n) is 6.58. The van der Waals surface area contributed by atoms with Crippen LogP contribution in [0.5, 0.6) is 0 Å². The minimum atomic E-state index is -2.66. The predicted octanol–water partition coefficient (Wildman–Crippen LogP) is 6.54. The Morgan fingerprint density at radius 3 is 2.57 bits per heavy atom. The molecule has 1 aliphatic rings. The summed E-state index contributed by atoms with van der Waals surface area (Å²) < 4.78 is 29.2. The number of halogens is 3. The van der Waals surface area contributed by atoms with E-state index in [0.29, 0.717) is 21.8 Å². The number of hydrogen-bond donors (Lipinski definition) is 3. The number of aromatic nitrogens is 2. The SMILES string of the molecule is Cc1ccc([C@@H]2C[C@@H](C(F)F)n3ncc(C(=O)Nc4ccc(Cl)cc4[C@H](O)c4ccccc4)c3N2)cc1. The minimum absolute atomic E-state index is 0.123. The number of aliphatic hydroxyl groups excluding tert-OH is 1. The highest BCUT2D eigenvalue weighted by Gasteiger charge is 2.36. The molecule has 0 radical (unpaired) electrons. The molecule has 1 aliphatic heterocycles. The summed E-state index contributed by atoms with van der Waals surface area (Å²) >= 11 is 6.19. The Balaban J connectivity index is 1.46. The molecule has 0 unspecified atom stereocenters. The number of carbonyl (C=O) groups is 1. The molecule has 37 heavy (non-hydrogen) atoms. The average Bonchev–Trinajstić information content (AvgIpc) is 3.34. The van der Waals surface area contributed by atoms with Gasteiger partial charge in [0.05, 0.1) is 12.2 Å². The van der Waals surface area contributed by atoms with E-state index < -0.39 is 30.5 Å². The maximum atomic E-state index is 14.0. The third-order valence-corrected chi connectivity index (χ3v) is 6.82. The van der Waals surface area contributed by atoms with Crippen molar-refractivity contribution in [3.05, 3.63) is 112 Å². The summed E-state index contributed by atoms with van der Waals surface area (Å²) in [6.45, 7) is 1.96. The number of carbonyl (C=O) groups excluding carboxylic acids is 1. The van der Waals surface area contributed by atoms with Crippen LogP contribution in [0.2, 0.25) is 5.02 Å². The van der Waals surface area contributed by atoms with E-state index in [0.717, 1.165) is 11.1 Å². The Hall–Kier alpha value is -3.75. The van der Waals surface area contributed by atoms with E-state index in [9.17, 15) is 18.7 Å². The largest absolute Gasteiger partial charge is 0.384 e. The van der Waals surface area contributed by atoms with Gasteiger partial charge in [0.25, 0.3) is 12.3 Å². The number of aryl methyl sites for hydroxylation is 1. The maximum Gasteiger partial charge on any atom is 0.261 e. The molecule has 3 aromatic carbocycles. The van der Waals surface area contributed by atoms with Crippen LogP contribution in [0.3, 0.4) is 0 Å². The molecule has 0 saturated carbocycles. The molecule has 6 nitrogen and oxygen atoms in total. The highest BCUT2D eigenvalue weighted by atomic mass is 35.5. The van der Waals surface area contributed by atoms with E-state index >= 15 is 0 Å². The molecule has 5 rings (SSSR count). The summed E-state index contributed by atoms with van der Waals surface area (Å²) in [5.74, 6) is -0.325. The van der Waals surface area contributed by atoms with E-state index in [1.165, 1.54) is 10.9 Å². The molecule has 0 fully saturated rings. The number of rotatable bonds is 6. The fourth-order valence-electron chi connectivity index (χ4n) is 4.59. The fraction of sp³-hybridized carbons (Fsp3) is 0.214. The number of anilines is 2. The molecular formula is C28H25ClF2N4O2. The van der Waals surface area contributed by atoms with Crippen molar-refractivity contribution < 1.29 is 18.7 Å². The van der Waals surface area contributed by atoms with Gasteiger partial charge in [0.2, 0.25) is 0 Å². The summed E-state index contributed by atoms with van der Waals surface area (Å²) in [5.41, 5.74) is 3.42. The Kier molecular flexibility index (Phi) is 6.95. The van der Waals surface area contributed by atoms with Gasteiger partial charge < -0.3 is 15.7 Å². The summed E-state index contributed by atoms with van der Waals surface area (Å²) in [6.07, 6.45) is -2.29. The first kappa shape index (κ1) is 24.9. The van der Waals surface area contributed by atoms with Gasteiger partial charge in [0, 0.05) is 16.3 Å². The first-order valence-electron chi connectivity index (χ1n) is 11.8. The van der Waals surface area contributed by atoms with Crippen LogP contribution < -0.4 is 10.6 Å². The van der Waals surface area contributed by atoms with Crippen molar-refractivity contribution in [1.82, 2.24) is 9.78 Å². The fourth-order valence-corrected chi connectivity index (χ4v) is 4.78. The summed E-state index contributed by atoms with van der Waals surface area (Å²) in [4.78, 5) is 13.4. The summed E-state index contributed by atoms with van der Waals surface area (Å²) in [7, 11) is 0. The molecule has 0 saturated heterocycles. The van der Waals surface area contributed by atoms with Crippen molar-refractivity contribution >= 4 is 29.0 Å². The standard InChI is InChI=1S/C28H25ClF2N4O2/c1-16-7-9-17(10-8-16)23-14-24(26(30)31)35-27(33-23)21(15-32-35)28(37)34-22-12-11-19(29)13-20(22)25(36)18-5-3-2-4-6-18/h2-13,15,23-26,33,36H,14H2,1H3,(H,34,37)/t23-,24-,25+/m0/s1. The monoisotopic (exact) mass is 522 g/mol. The Morgan fingerprint density at radius 2 is 1.86 bits per heavy atom. The highest BCUT2D eigenvalue weighted by Crippen LogP contribution is 2.40. The number of nitrogens with one attached hydrogen (secondary N) is 2. The zero-order valence-electron chi connectivity index (χ0n) is 19.9. The first-order chi connectivity index (χ1) is 17.8. The predicted molar refractivity (Wildman–Crippen MR) is 139 cm³/mol. The lowest BCUT2D eigenvalue weighted by atomic mass is 9.96. The third kappa shape index (κ3) is 5.08. The molecule has 0 spiro atoms. The molecule has 3 N–H and O–H groups in total. The van der Waals surface area contributed by atoms with Crippen molar-refractivity contribution in [1.29, 1.82) is 0 Å². The van der Waals surface area contributed by atoms with Gasteiger partial charge in [-0.05, 0) is 42.7 Å². The number of amides is 1. The number of hydrogen-bond acceptors (Lipinski definition) is 4. The molecule has 4 aromatic rings. The number of alkyl halides is 2. The Labute approximate surface area is 217 Å². The topological polar surface area (TPSA) is 79.2 Å². The normalized spacial score (nSPS) is 17.7. The summed E-state index contributed by atoms with van der Waals surface area (Å²) in [5, 5.41) is 21.6. The molecule has 1 aromatic heterocycles. The van der Waals surface area contributed by atoms with Gasteiger partial charge in [-0.25, -0.2) is 13.5 Å². The van der Waals surface area contributed by atoms with E-state index in [1.54, 1.807) is 42.5 Å². The second-order valence-corrected chi connectivity index (χ2v) is 9.53. The maximum absolute atomic E-state index is 14.0. The smallest absolute Gasteiger partial charge is 0.261 e. The van der Waals surface area contributed by atoms with Crippen molar-refractivity contribution in [2.75, 3.05) is 10.6 Å². The van der Waals surface area contributed by atoms with Gasteiger partial charge in [-0.15, -0.1) is 0 Å².